The average molecular weight is 194 g/mol. The van der Waals surface area contributed by atoms with Crippen LogP contribution in [0.5, 0.6) is 5.75 Å². The molecule has 0 spiro atoms. The molecule has 0 bridgehead atoms. The Morgan fingerprint density at radius 2 is 2.36 bits per heavy atom. The predicted octanol–water partition coefficient (Wildman–Crippen LogP) is 0.384. The van der Waals surface area contributed by atoms with E-state index in [0.717, 1.165) is 0 Å². The van der Waals surface area contributed by atoms with E-state index in [0.29, 0.717) is 24.5 Å². The second-order valence-electron chi connectivity index (χ2n) is 2.74. The molecule has 1 aromatic carbocycles. The van der Waals surface area contributed by atoms with Crippen LogP contribution in [0.25, 0.3) is 0 Å². The molecule has 0 fully saturated rings. The third-order valence-electron chi connectivity index (χ3n) is 1.71. The number of carbonyl (C=O) groups excluding carboxylic acids is 1. The minimum Gasteiger partial charge on any atom is -0.492 e. The Morgan fingerprint density at radius 3 is 3.00 bits per heavy atom. The first-order chi connectivity index (χ1) is 6.77. The van der Waals surface area contributed by atoms with Crippen LogP contribution in [0, 0.1) is 0 Å². The van der Waals surface area contributed by atoms with Crippen molar-refractivity contribution in [2.45, 2.75) is 0 Å². The van der Waals surface area contributed by atoms with E-state index in [1.165, 1.54) is 0 Å². The zero-order valence-electron chi connectivity index (χ0n) is 8.12. The van der Waals surface area contributed by atoms with E-state index in [4.69, 9.17) is 10.5 Å². The van der Waals surface area contributed by atoms with Gasteiger partial charge in [0.05, 0.1) is 0 Å². The van der Waals surface area contributed by atoms with Crippen molar-refractivity contribution in [2.24, 2.45) is 5.73 Å². The molecule has 4 heteroatoms. The van der Waals surface area contributed by atoms with E-state index in [-0.39, 0.29) is 5.91 Å². The van der Waals surface area contributed by atoms with Crippen molar-refractivity contribution in [3.05, 3.63) is 29.8 Å². The molecule has 0 heterocycles. The molecule has 3 N–H and O–H groups in total. The van der Waals surface area contributed by atoms with Gasteiger partial charge in [-0.1, -0.05) is 6.07 Å². The van der Waals surface area contributed by atoms with Gasteiger partial charge in [0.25, 0.3) is 5.91 Å². The first kappa shape index (κ1) is 10.5. The minimum absolute atomic E-state index is 0.122. The van der Waals surface area contributed by atoms with E-state index in [1.807, 2.05) is 0 Å². The number of carbonyl (C=O) groups is 1. The van der Waals surface area contributed by atoms with E-state index >= 15 is 0 Å². The van der Waals surface area contributed by atoms with Crippen LogP contribution in [0.2, 0.25) is 0 Å². The fraction of sp³-hybridized carbons (Fsp3) is 0.300. The molecule has 1 amide bonds. The Bertz CT molecular complexity index is 313. The van der Waals surface area contributed by atoms with E-state index in [9.17, 15) is 4.79 Å². The number of rotatable bonds is 4. The van der Waals surface area contributed by atoms with Crippen LogP contribution < -0.4 is 15.8 Å². The van der Waals surface area contributed by atoms with Crippen molar-refractivity contribution < 1.29 is 9.53 Å². The molecule has 0 radical (unpaired) electrons. The molecule has 76 valence electrons. The normalized spacial score (nSPS) is 9.57. The van der Waals surface area contributed by atoms with Crippen LogP contribution >= 0.6 is 0 Å². The SMILES string of the molecule is CNC(=O)c1cccc(OCCN)c1. The van der Waals surface area contributed by atoms with Gasteiger partial charge in [0, 0.05) is 19.2 Å². The van der Waals surface area contributed by atoms with Gasteiger partial charge in [-0.25, -0.2) is 0 Å². The van der Waals surface area contributed by atoms with Gasteiger partial charge in [0.1, 0.15) is 12.4 Å². The van der Waals surface area contributed by atoms with E-state index in [1.54, 1.807) is 31.3 Å². The highest BCUT2D eigenvalue weighted by atomic mass is 16.5. The zero-order chi connectivity index (χ0) is 10.4. The highest BCUT2D eigenvalue weighted by molar-refractivity contribution is 5.94. The van der Waals surface area contributed by atoms with Gasteiger partial charge in [-0.3, -0.25) is 4.79 Å². The third kappa shape index (κ3) is 2.74. The van der Waals surface area contributed by atoms with Crippen LogP contribution in [0.3, 0.4) is 0 Å². The number of hydrogen-bond donors (Lipinski definition) is 2. The average Bonchev–Trinajstić information content (AvgIpc) is 2.25. The van der Waals surface area contributed by atoms with Gasteiger partial charge in [0.2, 0.25) is 0 Å². The van der Waals surface area contributed by atoms with Crippen molar-refractivity contribution in [3.63, 3.8) is 0 Å². The highest BCUT2D eigenvalue weighted by Gasteiger charge is 2.03. The smallest absolute Gasteiger partial charge is 0.251 e. The summed E-state index contributed by atoms with van der Waals surface area (Å²) in [5.74, 6) is 0.541. The van der Waals surface area contributed by atoms with Crippen LogP contribution in [-0.2, 0) is 0 Å². The number of nitrogens with one attached hydrogen (secondary N) is 1. The summed E-state index contributed by atoms with van der Waals surface area (Å²) in [5, 5.41) is 2.55. The molecule has 0 aliphatic rings. The second kappa shape index (κ2) is 5.24. The van der Waals surface area contributed by atoms with Crippen LogP contribution in [0.15, 0.2) is 24.3 Å². The molecule has 0 saturated heterocycles. The Morgan fingerprint density at radius 1 is 1.57 bits per heavy atom. The zero-order valence-corrected chi connectivity index (χ0v) is 8.12. The fourth-order valence-corrected chi connectivity index (χ4v) is 1.05. The summed E-state index contributed by atoms with van der Waals surface area (Å²) in [6.45, 7) is 0.918. The largest absolute Gasteiger partial charge is 0.492 e. The Kier molecular flexibility index (Phi) is 3.94. The first-order valence-electron chi connectivity index (χ1n) is 4.43. The summed E-state index contributed by atoms with van der Waals surface area (Å²) in [5.41, 5.74) is 5.88. The Hall–Kier alpha value is -1.55. The van der Waals surface area contributed by atoms with Gasteiger partial charge in [-0.15, -0.1) is 0 Å². The topological polar surface area (TPSA) is 64.3 Å². The maximum atomic E-state index is 11.2. The minimum atomic E-state index is -0.122. The lowest BCUT2D eigenvalue weighted by Gasteiger charge is -2.05. The quantitative estimate of drug-likeness (QED) is 0.728. The van der Waals surface area contributed by atoms with Crippen molar-refractivity contribution >= 4 is 5.91 Å². The monoisotopic (exact) mass is 194 g/mol. The van der Waals surface area contributed by atoms with Gasteiger partial charge < -0.3 is 15.8 Å². The lowest BCUT2D eigenvalue weighted by Crippen LogP contribution is -2.18. The summed E-state index contributed by atoms with van der Waals surface area (Å²) < 4.78 is 5.29. The first-order valence-corrected chi connectivity index (χ1v) is 4.43. The third-order valence-corrected chi connectivity index (χ3v) is 1.71. The van der Waals surface area contributed by atoms with Crippen molar-refractivity contribution in [2.75, 3.05) is 20.2 Å². The highest BCUT2D eigenvalue weighted by Crippen LogP contribution is 2.12. The fourth-order valence-electron chi connectivity index (χ4n) is 1.05. The van der Waals surface area contributed by atoms with Gasteiger partial charge in [-0.2, -0.15) is 0 Å². The van der Waals surface area contributed by atoms with Gasteiger partial charge in [0.15, 0.2) is 0 Å². The van der Waals surface area contributed by atoms with Crippen molar-refractivity contribution in [1.82, 2.24) is 5.32 Å². The Labute approximate surface area is 83.1 Å². The second-order valence-corrected chi connectivity index (χ2v) is 2.74. The maximum Gasteiger partial charge on any atom is 0.251 e. The molecule has 0 aliphatic carbocycles. The molecule has 0 saturated carbocycles. The molecule has 14 heavy (non-hydrogen) atoms. The van der Waals surface area contributed by atoms with Crippen molar-refractivity contribution in [1.29, 1.82) is 0 Å². The van der Waals surface area contributed by atoms with Crippen LogP contribution in [0.4, 0.5) is 0 Å². The summed E-state index contributed by atoms with van der Waals surface area (Å²) in [7, 11) is 1.59. The number of hydrogen-bond acceptors (Lipinski definition) is 3. The number of amides is 1. The molecule has 0 unspecified atom stereocenters. The summed E-state index contributed by atoms with van der Waals surface area (Å²) in [6, 6.07) is 6.99. The lowest BCUT2D eigenvalue weighted by molar-refractivity contribution is 0.0962. The molecular formula is C10H14N2O2. The summed E-state index contributed by atoms with van der Waals surface area (Å²) >= 11 is 0. The molecule has 0 aliphatic heterocycles. The molecule has 4 nitrogen and oxygen atoms in total. The Balaban J connectivity index is 2.73. The lowest BCUT2D eigenvalue weighted by atomic mass is 10.2. The molecule has 1 rings (SSSR count). The van der Waals surface area contributed by atoms with Gasteiger partial charge >= 0.3 is 0 Å². The molecular weight excluding hydrogens is 180 g/mol. The molecule has 0 atom stereocenters. The summed E-state index contributed by atoms with van der Waals surface area (Å²) in [6.07, 6.45) is 0. The van der Waals surface area contributed by atoms with E-state index in [2.05, 4.69) is 5.32 Å². The predicted molar refractivity (Wildman–Crippen MR) is 54.4 cm³/mol. The molecule has 1 aromatic rings. The number of nitrogens with two attached hydrogens (primary N) is 1. The number of benzene rings is 1. The summed E-state index contributed by atoms with van der Waals surface area (Å²) in [4.78, 5) is 11.2. The van der Waals surface area contributed by atoms with Crippen LogP contribution in [-0.4, -0.2) is 26.1 Å². The standard InChI is InChI=1S/C10H14N2O2/c1-12-10(13)8-3-2-4-9(7-8)14-6-5-11/h2-4,7H,5-6,11H2,1H3,(H,12,13). The van der Waals surface area contributed by atoms with Crippen molar-refractivity contribution in [3.8, 4) is 5.75 Å². The van der Waals surface area contributed by atoms with Crippen LogP contribution in [0.1, 0.15) is 10.4 Å². The maximum absolute atomic E-state index is 11.2. The number of ether oxygens (including phenoxy) is 1. The van der Waals surface area contributed by atoms with E-state index < -0.39 is 0 Å². The van der Waals surface area contributed by atoms with Gasteiger partial charge in [-0.05, 0) is 18.2 Å². The molecule has 0 aromatic heterocycles.